The van der Waals surface area contributed by atoms with Gasteiger partial charge in [0, 0.05) is 6.42 Å². The predicted octanol–water partition coefficient (Wildman–Crippen LogP) is -0.188. The molecule has 0 saturated carbocycles. The van der Waals surface area contributed by atoms with E-state index in [1.165, 1.54) is 0 Å². The first-order chi connectivity index (χ1) is 4.27. The third kappa shape index (κ3) is 10.9. The van der Waals surface area contributed by atoms with E-state index in [9.17, 15) is 4.79 Å². The van der Waals surface area contributed by atoms with Gasteiger partial charge in [-0.15, -0.1) is 0 Å². The van der Waals surface area contributed by atoms with Crippen LogP contribution in [0.4, 0.5) is 0 Å². The van der Waals surface area contributed by atoms with Gasteiger partial charge >= 0.3 is 24.8 Å². The first-order valence-electron chi connectivity index (χ1n) is 3.20. The molecule has 10 heavy (non-hydrogen) atoms. The second kappa shape index (κ2) is 9.03. The van der Waals surface area contributed by atoms with Crippen LogP contribution >= 0.6 is 0 Å². The average molecular weight is 139 g/mol. The van der Waals surface area contributed by atoms with Crippen molar-refractivity contribution in [3.63, 3.8) is 0 Å². The van der Waals surface area contributed by atoms with Gasteiger partial charge in [0.15, 0.2) is 0 Å². The van der Waals surface area contributed by atoms with Crippen molar-refractivity contribution in [2.24, 2.45) is 0 Å². The molecule has 56 valence electrons. The summed E-state index contributed by atoms with van der Waals surface area (Å²) in [6.07, 6.45) is 0.996. The van der Waals surface area contributed by atoms with Crippen LogP contribution in [0.1, 0.15) is 19.8 Å². The van der Waals surface area contributed by atoms with Gasteiger partial charge < -0.3 is 10.4 Å². The van der Waals surface area contributed by atoms with Crippen LogP contribution in [0.3, 0.4) is 0 Å². The molecule has 0 unspecified atom stereocenters. The Kier molecular flexibility index (Phi) is 11.4. The Labute approximate surface area is 73.4 Å². The third-order valence-electron chi connectivity index (χ3n) is 0.994. The van der Waals surface area contributed by atoms with Crippen LogP contribution in [0.15, 0.2) is 0 Å². The Bertz CT molecular complexity index is 87.8. The number of rotatable bonds is 5. The van der Waals surface area contributed by atoms with Crippen molar-refractivity contribution in [1.29, 1.82) is 0 Å². The average Bonchev–Trinajstić information content (AvgIpc) is 1.80. The molecule has 3 nitrogen and oxygen atoms in total. The molecule has 0 heterocycles. The second-order valence-electron chi connectivity index (χ2n) is 1.85. The molecule has 0 spiro atoms. The van der Waals surface area contributed by atoms with Crippen molar-refractivity contribution in [2.45, 2.75) is 19.8 Å². The molecule has 0 aliphatic rings. The van der Waals surface area contributed by atoms with E-state index in [0.717, 1.165) is 19.5 Å². The van der Waals surface area contributed by atoms with Crippen LogP contribution in [0.2, 0.25) is 0 Å². The number of carboxylic acids is 1. The van der Waals surface area contributed by atoms with Crippen LogP contribution in [-0.2, 0) is 4.79 Å². The fraction of sp³-hybridized carbons (Fsp3) is 0.833. The first kappa shape index (κ1) is 12.7. The topological polar surface area (TPSA) is 49.3 Å². The summed E-state index contributed by atoms with van der Waals surface area (Å²) in [6.45, 7) is 3.73. The molecule has 0 aromatic rings. The van der Waals surface area contributed by atoms with Crippen molar-refractivity contribution in [1.82, 2.24) is 5.32 Å². The van der Waals surface area contributed by atoms with Gasteiger partial charge in [-0.05, 0) is 19.5 Å². The van der Waals surface area contributed by atoms with Crippen molar-refractivity contribution < 1.29 is 9.90 Å². The summed E-state index contributed by atoms with van der Waals surface area (Å²) >= 11 is 0. The van der Waals surface area contributed by atoms with Crippen LogP contribution < -0.4 is 5.32 Å². The van der Waals surface area contributed by atoms with E-state index in [0.29, 0.717) is 0 Å². The second-order valence-corrected chi connectivity index (χ2v) is 1.85. The molecule has 0 bridgehead atoms. The molecule has 0 aromatic carbocycles. The maximum atomic E-state index is 9.93. The number of hydrogen-bond acceptors (Lipinski definition) is 2. The Morgan fingerprint density at radius 2 is 2.20 bits per heavy atom. The van der Waals surface area contributed by atoms with Gasteiger partial charge in [0.2, 0.25) is 0 Å². The Hall–Kier alpha value is 0.0274. The van der Waals surface area contributed by atoms with E-state index in [1.807, 2.05) is 6.92 Å². The summed E-state index contributed by atoms with van der Waals surface area (Å²) in [5, 5.41) is 11.2. The number of carbonyl (C=O) groups is 1. The number of aliphatic carboxylic acids is 1. The summed E-state index contributed by atoms with van der Waals surface area (Å²) in [5.41, 5.74) is 0. The molecule has 0 aliphatic heterocycles. The van der Waals surface area contributed by atoms with E-state index < -0.39 is 5.97 Å². The zero-order chi connectivity index (χ0) is 7.11. The Morgan fingerprint density at radius 1 is 1.60 bits per heavy atom. The number of hydrogen-bond donors (Lipinski definition) is 2. The zero-order valence-corrected chi connectivity index (χ0v) is 5.68. The van der Waals surface area contributed by atoms with Crippen molar-refractivity contribution in [3.05, 3.63) is 0 Å². The minimum atomic E-state index is -0.715. The van der Waals surface area contributed by atoms with Gasteiger partial charge in [-0.25, -0.2) is 0 Å². The molecule has 0 rings (SSSR count). The van der Waals surface area contributed by atoms with Gasteiger partial charge in [-0.1, -0.05) is 6.92 Å². The molecule has 0 aromatic heterocycles. The van der Waals surface area contributed by atoms with Crippen molar-refractivity contribution >= 4 is 24.8 Å². The van der Waals surface area contributed by atoms with Crippen LogP contribution in [0.25, 0.3) is 0 Å². The molecular weight excluding hydrogens is 125 g/mol. The molecule has 0 aliphatic carbocycles. The molecule has 0 saturated heterocycles. The molecular formula is C6H14LiNO2. The van der Waals surface area contributed by atoms with Gasteiger partial charge in [0.1, 0.15) is 0 Å². The monoisotopic (exact) mass is 139 g/mol. The summed E-state index contributed by atoms with van der Waals surface area (Å²) in [5.74, 6) is -0.715. The third-order valence-corrected chi connectivity index (χ3v) is 0.994. The molecule has 4 heteroatoms. The van der Waals surface area contributed by atoms with E-state index in [-0.39, 0.29) is 25.3 Å². The molecule has 0 fully saturated rings. The minimum absolute atomic E-state index is 0. The van der Waals surface area contributed by atoms with Crippen molar-refractivity contribution in [2.75, 3.05) is 13.1 Å². The quantitative estimate of drug-likeness (QED) is 0.410. The van der Waals surface area contributed by atoms with E-state index in [2.05, 4.69) is 5.32 Å². The van der Waals surface area contributed by atoms with Crippen LogP contribution in [0.5, 0.6) is 0 Å². The van der Waals surface area contributed by atoms with Crippen LogP contribution in [-0.4, -0.2) is 43.0 Å². The molecule has 0 amide bonds. The summed E-state index contributed by atoms with van der Waals surface area (Å²) in [7, 11) is 0. The standard InChI is InChI=1S/C6H13NO2.Li.H/c1-2-7-5-3-4-6(8)9;;/h7H,2-5H2,1H3,(H,8,9);;. The van der Waals surface area contributed by atoms with Gasteiger partial charge in [0.25, 0.3) is 0 Å². The predicted molar refractivity (Wildman–Crippen MR) is 42.6 cm³/mol. The van der Waals surface area contributed by atoms with Crippen LogP contribution in [0, 0.1) is 0 Å². The van der Waals surface area contributed by atoms with E-state index in [4.69, 9.17) is 5.11 Å². The van der Waals surface area contributed by atoms with Gasteiger partial charge in [-0.3, -0.25) is 4.79 Å². The number of carboxylic acid groups (broad SMARTS) is 1. The van der Waals surface area contributed by atoms with Gasteiger partial charge in [-0.2, -0.15) is 0 Å². The SMILES string of the molecule is CCNCCCC(=O)O.[LiH]. The summed E-state index contributed by atoms with van der Waals surface area (Å²) < 4.78 is 0. The Balaban J connectivity index is 0. The fourth-order valence-corrected chi connectivity index (χ4v) is 0.541. The van der Waals surface area contributed by atoms with E-state index in [1.54, 1.807) is 0 Å². The first-order valence-corrected chi connectivity index (χ1v) is 3.20. The normalized spacial score (nSPS) is 8.50. The molecule has 0 radical (unpaired) electrons. The summed E-state index contributed by atoms with van der Waals surface area (Å²) in [4.78, 5) is 9.93. The van der Waals surface area contributed by atoms with Gasteiger partial charge in [0.05, 0.1) is 0 Å². The molecule has 2 N–H and O–H groups in total. The van der Waals surface area contributed by atoms with E-state index >= 15 is 0 Å². The fourth-order valence-electron chi connectivity index (χ4n) is 0.541. The molecule has 0 atom stereocenters. The maximum absolute atomic E-state index is 9.93. The number of nitrogens with one attached hydrogen (secondary N) is 1. The summed E-state index contributed by atoms with van der Waals surface area (Å²) in [6, 6.07) is 0. The zero-order valence-electron chi connectivity index (χ0n) is 5.68. The Morgan fingerprint density at radius 3 is 2.60 bits per heavy atom. The van der Waals surface area contributed by atoms with Crippen molar-refractivity contribution in [3.8, 4) is 0 Å².